The normalized spacial score (nSPS) is 30.4. The summed E-state index contributed by atoms with van der Waals surface area (Å²) in [6.45, 7) is 2.88. The molecule has 1 nitrogen and oxygen atoms in total. The summed E-state index contributed by atoms with van der Waals surface area (Å²) < 4.78 is 5.24. The predicted molar refractivity (Wildman–Crippen MR) is 38.9 cm³/mol. The fourth-order valence-corrected chi connectivity index (χ4v) is 1.40. The molecule has 1 heterocycles. The minimum Gasteiger partial charge on any atom is -0.483 e. The van der Waals surface area contributed by atoms with E-state index in [0.29, 0.717) is 5.92 Å². The monoisotopic (exact) mass is 134 g/mol. The second kappa shape index (κ2) is 2.49. The summed E-state index contributed by atoms with van der Waals surface area (Å²) in [5.41, 5.74) is 0. The quantitative estimate of drug-likeness (QED) is 0.494. The van der Waals surface area contributed by atoms with Crippen molar-refractivity contribution in [2.75, 3.05) is 0 Å². The lowest BCUT2D eigenvalue weighted by Crippen LogP contribution is -2.13. The molecule has 1 fully saturated rings. The number of hydrogen-bond donors (Lipinski definition) is 0. The lowest BCUT2D eigenvalue weighted by atomic mass is 9.92. The van der Waals surface area contributed by atoms with Gasteiger partial charge in [-0.25, -0.2) is 0 Å². The molecule has 0 amide bonds. The molecule has 2 radical (unpaired) electrons. The van der Waals surface area contributed by atoms with E-state index in [2.05, 4.69) is 18.8 Å². The lowest BCUT2D eigenvalue weighted by molar-refractivity contribution is 0.184. The zero-order valence-electron chi connectivity index (χ0n) is 5.84. The third-order valence-corrected chi connectivity index (χ3v) is 2.00. The first-order valence-electron chi connectivity index (χ1n) is 3.73. The van der Waals surface area contributed by atoms with Crippen LogP contribution in [0.15, 0.2) is 24.0 Å². The molecular weight excluding hydrogens is 124 g/mol. The number of hydrogen-bond acceptors (Lipinski definition) is 1. The minimum absolute atomic E-state index is 0.645. The van der Waals surface area contributed by atoms with Gasteiger partial charge in [-0.1, -0.05) is 12.2 Å². The van der Waals surface area contributed by atoms with Crippen LogP contribution in [0.3, 0.4) is 0 Å². The van der Waals surface area contributed by atoms with E-state index in [4.69, 9.17) is 4.74 Å². The highest BCUT2D eigenvalue weighted by molar-refractivity contribution is 5.17. The standard InChI is InChI=1S/C9H10O/c1-2-6-9-8(4-1)5-3-7-10-9/h1-2,6,8H,3-5H2. The van der Waals surface area contributed by atoms with Crippen molar-refractivity contribution in [3.8, 4) is 0 Å². The van der Waals surface area contributed by atoms with Gasteiger partial charge in [-0.2, -0.15) is 0 Å². The Morgan fingerprint density at radius 1 is 1.60 bits per heavy atom. The van der Waals surface area contributed by atoms with Crippen molar-refractivity contribution in [3.05, 3.63) is 30.6 Å². The fraction of sp³-hybridized carbons (Fsp3) is 0.444. The van der Waals surface area contributed by atoms with Crippen molar-refractivity contribution in [1.29, 1.82) is 0 Å². The van der Waals surface area contributed by atoms with Crippen LogP contribution in [0.1, 0.15) is 19.3 Å². The van der Waals surface area contributed by atoms with E-state index >= 15 is 0 Å². The average Bonchev–Trinajstić information content (AvgIpc) is 2.05. The van der Waals surface area contributed by atoms with Crippen LogP contribution in [0.4, 0.5) is 0 Å². The van der Waals surface area contributed by atoms with Crippen LogP contribution in [0.2, 0.25) is 0 Å². The second-order valence-corrected chi connectivity index (χ2v) is 2.71. The number of fused-ring (bicyclic) bond motifs is 1. The Morgan fingerprint density at radius 2 is 2.60 bits per heavy atom. The summed E-state index contributed by atoms with van der Waals surface area (Å²) in [4.78, 5) is 0. The highest BCUT2D eigenvalue weighted by Gasteiger charge is 2.20. The molecule has 1 aliphatic carbocycles. The maximum Gasteiger partial charge on any atom is 0.195 e. The summed E-state index contributed by atoms with van der Waals surface area (Å²) in [5, 5.41) is 0. The maximum absolute atomic E-state index is 5.24. The first-order valence-corrected chi connectivity index (χ1v) is 3.73. The molecule has 52 valence electrons. The van der Waals surface area contributed by atoms with Crippen LogP contribution in [-0.4, -0.2) is 0 Å². The van der Waals surface area contributed by atoms with Crippen molar-refractivity contribution in [1.82, 2.24) is 0 Å². The van der Waals surface area contributed by atoms with Gasteiger partial charge in [0, 0.05) is 5.92 Å². The molecule has 0 aromatic carbocycles. The molecule has 1 unspecified atom stereocenters. The highest BCUT2D eigenvalue weighted by Crippen LogP contribution is 2.31. The SMILES string of the molecule is [C]1CCC2CC=CC=C2O1. The minimum atomic E-state index is 0.645. The van der Waals surface area contributed by atoms with Gasteiger partial charge in [0.1, 0.15) is 5.76 Å². The maximum atomic E-state index is 5.24. The predicted octanol–water partition coefficient (Wildman–Crippen LogP) is 2.30. The van der Waals surface area contributed by atoms with Crippen molar-refractivity contribution < 1.29 is 4.74 Å². The summed E-state index contributed by atoms with van der Waals surface area (Å²) >= 11 is 0. The van der Waals surface area contributed by atoms with Gasteiger partial charge in [0.2, 0.25) is 0 Å². The number of rotatable bonds is 0. The van der Waals surface area contributed by atoms with Crippen LogP contribution < -0.4 is 0 Å². The molecule has 0 bridgehead atoms. The molecule has 1 heteroatoms. The van der Waals surface area contributed by atoms with Crippen LogP contribution >= 0.6 is 0 Å². The van der Waals surface area contributed by atoms with Crippen molar-refractivity contribution in [2.45, 2.75) is 19.3 Å². The average molecular weight is 134 g/mol. The molecule has 10 heavy (non-hydrogen) atoms. The Kier molecular flexibility index (Phi) is 1.50. The van der Waals surface area contributed by atoms with Gasteiger partial charge < -0.3 is 4.74 Å². The largest absolute Gasteiger partial charge is 0.483 e. The van der Waals surface area contributed by atoms with Gasteiger partial charge in [-0.05, 0) is 25.3 Å². The lowest BCUT2D eigenvalue weighted by Gasteiger charge is -2.25. The van der Waals surface area contributed by atoms with Crippen LogP contribution in [0.25, 0.3) is 0 Å². The van der Waals surface area contributed by atoms with Crippen molar-refractivity contribution in [3.63, 3.8) is 0 Å². The topological polar surface area (TPSA) is 9.23 Å². The van der Waals surface area contributed by atoms with Crippen molar-refractivity contribution in [2.24, 2.45) is 5.92 Å². The van der Waals surface area contributed by atoms with Gasteiger partial charge in [0.05, 0.1) is 0 Å². The molecule has 1 saturated heterocycles. The molecular formula is C9H10O. The van der Waals surface area contributed by atoms with E-state index in [1.54, 1.807) is 0 Å². The Morgan fingerprint density at radius 3 is 3.50 bits per heavy atom. The highest BCUT2D eigenvalue weighted by atomic mass is 16.5. The molecule has 0 aromatic rings. The number of allylic oxidation sites excluding steroid dienone is 4. The molecule has 0 aromatic heterocycles. The summed E-state index contributed by atoms with van der Waals surface area (Å²) in [5.74, 6) is 1.75. The smallest absolute Gasteiger partial charge is 0.195 e. The van der Waals surface area contributed by atoms with Gasteiger partial charge in [0.15, 0.2) is 6.61 Å². The van der Waals surface area contributed by atoms with E-state index in [1.165, 1.54) is 6.42 Å². The van der Waals surface area contributed by atoms with E-state index < -0.39 is 0 Å². The molecule has 1 aliphatic heterocycles. The van der Waals surface area contributed by atoms with Gasteiger partial charge in [-0.3, -0.25) is 0 Å². The Balaban J connectivity index is 2.14. The third-order valence-electron chi connectivity index (χ3n) is 2.00. The van der Waals surface area contributed by atoms with Crippen LogP contribution in [-0.2, 0) is 4.74 Å². The fourth-order valence-electron chi connectivity index (χ4n) is 1.40. The van der Waals surface area contributed by atoms with Gasteiger partial charge in [-0.15, -0.1) is 0 Å². The first-order chi connectivity index (χ1) is 4.97. The van der Waals surface area contributed by atoms with Crippen molar-refractivity contribution >= 4 is 0 Å². The molecule has 0 spiro atoms. The van der Waals surface area contributed by atoms with E-state index in [-0.39, 0.29) is 0 Å². The van der Waals surface area contributed by atoms with E-state index in [1.807, 2.05) is 6.08 Å². The zero-order chi connectivity index (χ0) is 6.81. The summed E-state index contributed by atoms with van der Waals surface area (Å²) in [6.07, 6.45) is 9.63. The Bertz CT molecular complexity index is 179. The molecule has 1 atom stereocenters. The van der Waals surface area contributed by atoms with Gasteiger partial charge >= 0.3 is 0 Å². The van der Waals surface area contributed by atoms with Crippen LogP contribution in [0, 0.1) is 12.5 Å². The zero-order valence-corrected chi connectivity index (χ0v) is 5.84. The third kappa shape index (κ3) is 0.962. The summed E-state index contributed by atoms with van der Waals surface area (Å²) in [7, 11) is 0. The molecule has 0 N–H and O–H groups in total. The summed E-state index contributed by atoms with van der Waals surface area (Å²) in [6, 6.07) is 0. The molecule has 2 rings (SSSR count). The Labute approximate surface area is 61.4 Å². The number of ether oxygens (including phenoxy) is 1. The Hall–Kier alpha value is -0.720. The van der Waals surface area contributed by atoms with E-state index in [9.17, 15) is 0 Å². The molecule has 2 aliphatic rings. The van der Waals surface area contributed by atoms with Gasteiger partial charge in [0.25, 0.3) is 0 Å². The van der Waals surface area contributed by atoms with Crippen LogP contribution in [0.5, 0.6) is 0 Å². The van der Waals surface area contributed by atoms with E-state index in [0.717, 1.165) is 18.6 Å². The second-order valence-electron chi connectivity index (χ2n) is 2.71. The first kappa shape index (κ1) is 6.02. The molecule has 0 saturated carbocycles.